The van der Waals surface area contributed by atoms with E-state index in [1.807, 2.05) is 0 Å². The summed E-state index contributed by atoms with van der Waals surface area (Å²) in [4.78, 5) is 34.6. The van der Waals surface area contributed by atoms with Gasteiger partial charge in [-0.25, -0.2) is 9.59 Å². The third-order valence-corrected chi connectivity index (χ3v) is 2.08. The summed E-state index contributed by atoms with van der Waals surface area (Å²) in [5.41, 5.74) is -1.61. The van der Waals surface area contributed by atoms with Crippen LogP contribution in [0.2, 0.25) is 0 Å². The number of rotatable bonds is 4. The summed E-state index contributed by atoms with van der Waals surface area (Å²) in [6, 6.07) is 0.676. The number of carbonyl (C=O) groups is 1. The lowest BCUT2D eigenvalue weighted by molar-refractivity contribution is -0.129. The van der Waals surface area contributed by atoms with Gasteiger partial charge < -0.3 is 5.11 Å². The van der Waals surface area contributed by atoms with Gasteiger partial charge in [0.25, 0.3) is 5.56 Å². The predicted octanol–water partition coefficient (Wildman–Crippen LogP) is -0.408. The zero-order valence-electron chi connectivity index (χ0n) is 8.56. The molecule has 0 bridgehead atoms. The van der Waals surface area contributed by atoms with Crippen molar-refractivity contribution in [2.24, 2.45) is 0 Å². The van der Waals surface area contributed by atoms with E-state index in [0.717, 1.165) is 0 Å². The van der Waals surface area contributed by atoms with Crippen LogP contribution in [0, 0.1) is 5.41 Å². The Balaban J connectivity index is 2.93. The second-order valence-corrected chi connectivity index (χ2v) is 3.35. The molecule has 1 aromatic heterocycles. The zero-order chi connectivity index (χ0) is 12.3. The number of hydrogen-bond donors (Lipinski definition) is 3. The van der Waals surface area contributed by atoms with Crippen LogP contribution in [-0.4, -0.2) is 26.3 Å². The number of aromatic amines is 1. The van der Waals surface area contributed by atoms with E-state index in [1.54, 1.807) is 6.92 Å². The topological polar surface area (TPSA) is 116 Å². The normalized spacial score (nSPS) is 12.1. The Bertz CT molecular complexity index is 528. The van der Waals surface area contributed by atoms with Gasteiger partial charge in [0.05, 0.1) is 0 Å². The highest BCUT2D eigenvalue weighted by Crippen LogP contribution is 2.07. The minimum atomic E-state index is -1.32. The van der Waals surface area contributed by atoms with Crippen LogP contribution in [-0.2, 0) is 4.79 Å². The van der Waals surface area contributed by atoms with Gasteiger partial charge in [-0.2, -0.15) is 0 Å². The van der Waals surface area contributed by atoms with E-state index < -0.39 is 29.0 Å². The van der Waals surface area contributed by atoms with Crippen LogP contribution in [0.1, 0.15) is 19.4 Å². The maximum atomic E-state index is 11.3. The van der Waals surface area contributed by atoms with Gasteiger partial charge in [-0.05, 0) is 6.92 Å². The lowest BCUT2D eigenvalue weighted by atomic mass is 10.1. The highest BCUT2D eigenvalue weighted by atomic mass is 16.4. The van der Waals surface area contributed by atoms with E-state index in [0.29, 0.717) is 0 Å². The molecule has 1 atom stereocenters. The van der Waals surface area contributed by atoms with Crippen LogP contribution < -0.4 is 11.2 Å². The molecule has 7 nitrogen and oxygen atoms in total. The first kappa shape index (κ1) is 11.9. The summed E-state index contributed by atoms with van der Waals surface area (Å²) in [6.45, 7) is 1.59. The molecule has 0 amide bonds. The maximum absolute atomic E-state index is 11.3. The summed E-state index contributed by atoms with van der Waals surface area (Å²) in [7, 11) is 0. The second kappa shape index (κ2) is 4.56. The first-order valence-electron chi connectivity index (χ1n) is 4.54. The van der Waals surface area contributed by atoms with Crippen molar-refractivity contribution in [2.45, 2.75) is 19.4 Å². The molecule has 0 aliphatic rings. The molecule has 0 radical (unpaired) electrons. The number of aromatic nitrogens is 2. The van der Waals surface area contributed by atoms with Crippen molar-refractivity contribution in [1.29, 1.82) is 5.41 Å². The number of nitrogens with zero attached hydrogens (tertiary/aromatic N) is 1. The molecule has 0 aliphatic carbocycles. The van der Waals surface area contributed by atoms with Crippen molar-refractivity contribution < 1.29 is 9.90 Å². The van der Waals surface area contributed by atoms with Crippen LogP contribution in [0.5, 0.6) is 0 Å². The highest BCUT2D eigenvalue weighted by Gasteiger charge is 2.14. The number of aliphatic carboxylic acids is 1. The van der Waals surface area contributed by atoms with Crippen LogP contribution >= 0.6 is 0 Å². The number of H-pyrrole nitrogens is 1. The Morgan fingerprint density at radius 1 is 1.62 bits per heavy atom. The minimum absolute atomic E-state index is 0.0821. The number of carboxylic acid groups (broad SMARTS) is 1. The monoisotopic (exact) mass is 225 g/mol. The number of carboxylic acids is 1. The fraction of sp³-hybridized carbons (Fsp3) is 0.333. The third kappa shape index (κ3) is 2.66. The molecule has 0 saturated heterocycles. The smallest absolute Gasteiger partial charge is 0.349 e. The Kier molecular flexibility index (Phi) is 3.39. The van der Waals surface area contributed by atoms with E-state index in [-0.39, 0.29) is 6.42 Å². The van der Waals surface area contributed by atoms with Crippen molar-refractivity contribution in [2.75, 3.05) is 0 Å². The Labute approximate surface area is 89.9 Å². The Hall–Kier alpha value is -2.18. The van der Waals surface area contributed by atoms with Crippen molar-refractivity contribution in [3.05, 3.63) is 33.1 Å². The van der Waals surface area contributed by atoms with Gasteiger partial charge >= 0.3 is 11.7 Å². The van der Waals surface area contributed by atoms with Gasteiger partial charge in [-0.3, -0.25) is 19.8 Å². The summed E-state index contributed by atoms with van der Waals surface area (Å²) in [6.07, 6.45) is 1.20. The SMILES string of the molecule is CC(CC(=N)C(=O)O)n1ccc(=O)[nH]c1=O. The van der Waals surface area contributed by atoms with Gasteiger partial charge in [0.15, 0.2) is 0 Å². The molecule has 3 N–H and O–H groups in total. The lowest BCUT2D eigenvalue weighted by Gasteiger charge is -2.12. The van der Waals surface area contributed by atoms with Crippen LogP contribution in [0.4, 0.5) is 0 Å². The number of hydrogen-bond acceptors (Lipinski definition) is 4. The van der Waals surface area contributed by atoms with Crippen LogP contribution in [0.3, 0.4) is 0 Å². The molecular formula is C9H11N3O4. The predicted molar refractivity (Wildman–Crippen MR) is 56.0 cm³/mol. The molecule has 1 rings (SSSR count). The summed E-state index contributed by atoms with van der Waals surface area (Å²) in [5, 5.41) is 15.7. The summed E-state index contributed by atoms with van der Waals surface area (Å²) in [5.74, 6) is -1.32. The molecule has 1 unspecified atom stereocenters. The zero-order valence-corrected chi connectivity index (χ0v) is 8.56. The molecule has 0 saturated carbocycles. The lowest BCUT2D eigenvalue weighted by Crippen LogP contribution is -2.32. The van der Waals surface area contributed by atoms with Gasteiger partial charge in [0.2, 0.25) is 0 Å². The minimum Gasteiger partial charge on any atom is -0.477 e. The molecule has 1 aromatic rings. The molecule has 0 aromatic carbocycles. The second-order valence-electron chi connectivity index (χ2n) is 3.35. The van der Waals surface area contributed by atoms with Gasteiger partial charge in [0, 0.05) is 24.7 Å². The quantitative estimate of drug-likeness (QED) is 0.604. The maximum Gasteiger partial charge on any atom is 0.349 e. The van der Waals surface area contributed by atoms with Crippen LogP contribution in [0.25, 0.3) is 0 Å². The molecule has 0 fully saturated rings. The molecule has 0 aliphatic heterocycles. The first-order valence-corrected chi connectivity index (χ1v) is 4.54. The molecular weight excluding hydrogens is 214 g/mol. The number of nitrogens with one attached hydrogen (secondary N) is 2. The van der Waals surface area contributed by atoms with E-state index in [2.05, 4.69) is 4.98 Å². The fourth-order valence-electron chi connectivity index (χ4n) is 1.26. The third-order valence-electron chi connectivity index (χ3n) is 2.08. The molecule has 16 heavy (non-hydrogen) atoms. The van der Waals surface area contributed by atoms with E-state index in [9.17, 15) is 14.4 Å². The summed E-state index contributed by atoms with van der Waals surface area (Å²) < 4.78 is 1.18. The Morgan fingerprint density at radius 3 is 2.75 bits per heavy atom. The van der Waals surface area contributed by atoms with E-state index in [1.165, 1.54) is 16.8 Å². The first-order chi connectivity index (χ1) is 7.41. The highest BCUT2D eigenvalue weighted by molar-refractivity contribution is 6.34. The standard InChI is InChI=1S/C9H11N3O4/c1-5(4-6(10)8(14)15)12-3-2-7(13)11-9(12)16/h2-3,5,10H,4H2,1H3,(H,14,15)(H,11,13,16). The molecule has 86 valence electrons. The van der Waals surface area contributed by atoms with E-state index >= 15 is 0 Å². The van der Waals surface area contributed by atoms with E-state index in [4.69, 9.17) is 10.5 Å². The average Bonchev–Trinajstić information content (AvgIpc) is 2.16. The Morgan fingerprint density at radius 2 is 2.25 bits per heavy atom. The summed E-state index contributed by atoms with van der Waals surface area (Å²) >= 11 is 0. The van der Waals surface area contributed by atoms with Crippen molar-refractivity contribution in [3.8, 4) is 0 Å². The van der Waals surface area contributed by atoms with Gasteiger partial charge in [-0.15, -0.1) is 0 Å². The van der Waals surface area contributed by atoms with Crippen molar-refractivity contribution in [3.63, 3.8) is 0 Å². The average molecular weight is 225 g/mol. The van der Waals surface area contributed by atoms with Crippen molar-refractivity contribution >= 4 is 11.7 Å². The largest absolute Gasteiger partial charge is 0.477 e. The molecule has 1 heterocycles. The van der Waals surface area contributed by atoms with Gasteiger partial charge in [0.1, 0.15) is 5.71 Å². The van der Waals surface area contributed by atoms with Crippen molar-refractivity contribution in [1.82, 2.24) is 9.55 Å². The molecule has 7 heteroatoms. The van der Waals surface area contributed by atoms with Gasteiger partial charge in [-0.1, -0.05) is 0 Å². The molecule has 0 spiro atoms. The fourth-order valence-corrected chi connectivity index (χ4v) is 1.26. The van der Waals surface area contributed by atoms with Crippen LogP contribution in [0.15, 0.2) is 21.9 Å².